The molecule has 2 aromatic heterocycles. The summed E-state index contributed by atoms with van der Waals surface area (Å²) in [6.45, 7) is 0.664. The summed E-state index contributed by atoms with van der Waals surface area (Å²) < 4.78 is 1.44. The van der Waals surface area contributed by atoms with Crippen LogP contribution in [0.25, 0.3) is 11.3 Å². The van der Waals surface area contributed by atoms with Gasteiger partial charge in [0.25, 0.3) is 5.56 Å². The molecule has 0 aliphatic rings. The highest BCUT2D eigenvalue weighted by atomic mass is 16.2. The molecule has 0 amide bonds. The smallest absolute Gasteiger partial charge is 0.266 e. The normalized spacial score (nSPS) is 10.5. The van der Waals surface area contributed by atoms with E-state index in [0.29, 0.717) is 13.0 Å². The first-order valence-electron chi connectivity index (χ1n) is 5.90. The minimum absolute atomic E-state index is 0.120. The number of aryl methyl sites for hydroxylation is 1. The van der Waals surface area contributed by atoms with Crippen molar-refractivity contribution in [2.75, 3.05) is 6.61 Å². The third-order valence-corrected chi connectivity index (χ3v) is 2.62. The van der Waals surface area contributed by atoms with Gasteiger partial charge >= 0.3 is 0 Å². The lowest BCUT2D eigenvalue weighted by atomic mass is 10.2. The van der Waals surface area contributed by atoms with Crippen molar-refractivity contribution >= 4 is 0 Å². The van der Waals surface area contributed by atoms with Crippen LogP contribution in [-0.2, 0) is 6.54 Å². The van der Waals surface area contributed by atoms with E-state index in [9.17, 15) is 4.79 Å². The Kier molecular flexibility index (Phi) is 4.20. The predicted octanol–water partition coefficient (Wildman–Crippen LogP) is 1.08. The minimum atomic E-state index is -0.120. The summed E-state index contributed by atoms with van der Waals surface area (Å²) in [7, 11) is 0. The van der Waals surface area contributed by atoms with Crippen molar-refractivity contribution in [3.63, 3.8) is 0 Å². The lowest BCUT2D eigenvalue weighted by Gasteiger charge is -2.06. The lowest BCUT2D eigenvalue weighted by molar-refractivity contribution is 0.279. The number of aliphatic hydroxyl groups is 1. The van der Waals surface area contributed by atoms with Crippen LogP contribution in [-0.4, -0.2) is 26.5 Å². The molecule has 0 fully saturated rings. The molecule has 0 atom stereocenters. The topological polar surface area (TPSA) is 68.0 Å². The standard InChI is InChI=1S/C13H15N3O2/c17-10-2-1-9-16-13(18)4-3-12(15-16)11-5-7-14-8-6-11/h3-8,17H,1-2,9-10H2. The molecule has 2 rings (SSSR count). The Labute approximate surface area is 105 Å². The molecule has 0 bridgehead atoms. The molecule has 0 saturated heterocycles. The molecule has 0 aliphatic carbocycles. The molecule has 5 heteroatoms. The second-order valence-corrected chi connectivity index (χ2v) is 3.95. The predicted molar refractivity (Wildman–Crippen MR) is 68.0 cm³/mol. The van der Waals surface area contributed by atoms with Crippen molar-refractivity contribution in [3.8, 4) is 11.3 Å². The SMILES string of the molecule is O=c1ccc(-c2ccncc2)nn1CCCCO. The highest BCUT2D eigenvalue weighted by Gasteiger charge is 2.02. The van der Waals surface area contributed by atoms with Gasteiger partial charge in [0.15, 0.2) is 0 Å². The zero-order valence-corrected chi connectivity index (χ0v) is 9.99. The fraction of sp³-hybridized carbons (Fsp3) is 0.308. The first-order valence-corrected chi connectivity index (χ1v) is 5.90. The van der Waals surface area contributed by atoms with Crippen LogP contribution in [0.5, 0.6) is 0 Å². The molecule has 0 unspecified atom stereocenters. The van der Waals surface area contributed by atoms with Crippen LogP contribution >= 0.6 is 0 Å². The Morgan fingerprint density at radius 3 is 2.61 bits per heavy atom. The molecule has 0 aliphatic heterocycles. The number of hydrogen-bond donors (Lipinski definition) is 1. The van der Waals surface area contributed by atoms with E-state index in [1.165, 1.54) is 10.7 Å². The van der Waals surface area contributed by atoms with Crippen molar-refractivity contribution in [2.45, 2.75) is 19.4 Å². The summed E-state index contributed by atoms with van der Waals surface area (Å²) in [5, 5.41) is 13.0. The summed E-state index contributed by atoms with van der Waals surface area (Å²) >= 11 is 0. The maximum Gasteiger partial charge on any atom is 0.266 e. The molecule has 0 aromatic carbocycles. The average molecular weight is 245 g/mol. The minimum Gasteiger partial charge on any atom is -0.396 e. The monoisotopic (exact) mass is 245 g/mol. The van der Waals surface area contributed by atoms with Gasteiger partial charge in [-0.25, -0.2) is 4.68 Å². The van der Waals surface area contributed by atoms with Crippen LogP contribution in [0, 0.1) is 0 Å². The van der Waals surface area contributed by atoms with Crippen molar-refractivity contribution < 1.29 is 5.11 Å². The zero-order chi connectivity index (χ0) is 12.8. The maximum atomic E-state index is 11.6. The molecular formula is C13H15N3O2. The van der Waals surface area contributed by atoms with Crippen LogP contribution in [0.15, 0.2) is 41.5 Å². The van der Waals surface area contributed by atoms with E-state index >= 15 is 0 Å². The number of aromatic nitrogens is 3. The highest BCUT2D eigenvalue weighted by molar-refractivity contribution is 5.56. The summed E-state index contributed by atoms with van der Waals surface area (Å²) in [5.41, 5.74) is 1.56. The summed E-state index contributed by atoms with van der Waals surface area (Å²) in [5.74, 6) is 0. The van der Waals surface area contributed by atoms with Crippen molar-refractivity contribution in [2.24, 2.45) is 0 Å². The van der Waals surface area contributed by atoms with Gasteiger partial charge < -0.3 is 5.11 Å². The van der Waals surface area contributed by atoms with E-state index in [4.69, 9.17) is 5.11 Å². The van der Waals surface area contributed by atoms with E-state index in [0.717, 1.165) is 17.7 Å². The average Bonchev–Trinajstić information content (AvgIpc) is 2.42. The van der Waals surface area contributed by atoms with Gasteiger partial charge in [0, 0.05) is 37.2 Å². The van der Waals surface area contributed by atoms with Crippen LogP contribution < -0.4 is 5.56 Å². The van der Waals surface area contributed by atoms with E-state index in [-0.39, 0.29) is 12.2 Å². The van der Waals surface area contributed by atoms with E-state index in [2.05, 4.69) is 10.1 Å². The van der Waals surface area contributed by atoms with Crippen LogP contribution in [0.3, 0.4) is 0 Å². The number of nitrogens with zero attached hydrogens (tertiary/aromatic N) is 3. The number of pyridine rings is 1. The van der Waals surface area contributed by atoms with E-state index in [1.54, 1.807) is 18.5 Å². The first kappa shape index (κ1) is 12.4. The quantitative estimate of drug-likeness (QED) is 0.800. The van der Waals surface area contributed by atoms with Crippen LogP contribution in [0.2, 0.25) is 0 Å². The molecule has 18 heavy (non-hydrogen) atoms. The van der Waals surface area contributed by atoms with Gasteiger partial charge in [0.2, 0.25) is 0 Å². The molecule has 0 radical (unpaired) electrons. The van der Waals surface area contributed by atoms with Gasteiger partial charge in [-0.05, 0) is 31.0 Å². The third-order valence-electron chi connectivity index (χ3n) is 2.62. The van der Waals surface area contributed by atoms with Crippen molar-refractivity contribution in [3.05, 3.63) is 47.0 Å². The molecule has 2 heterocycles. The Bertz CT molecular complexity index is 552. The van der Waals surface area contributed by atoms with Gasteiger partial charge in [-0.2, -0.15) is 5.10 Å². The number of rotatable bonds is 5. The second kappa shape index (κ2) is 6.07. The molecule has 2 aromatic rings. The Hall–Kier alpha value is -2.01. The Morgan fingerprint density at radius 2 is 1.89 bits per heavy atom. The molecule has 5 nitrogen and oxygen atoms in total. The summed E-state index contributed by atoms with van der Waals surface area (Å²) in [4.78, 5) is 15.6. The van der Waals surface area contributed by atoms with Gasteiger partial charge in [0.05, 0.1) is 5.69 Å². The number of unbranched alkanes of at least 4 members (excludes halogenated alkanes) is 1. The van der Waals surface area contributed by atoms with Gasteiger partial charge in [-0.3, -0.25) is 9.78 Å². The Morgan fingerprint density at radius 1 is 1.11 bits per heavy atom. The molecule has 0 spiro atoms. The second-order valence-electron chi connectivity index (χ2n) is 3.95. The van der Waals surface area contributed by atoms with Crippen molar-refractivity contribution in [1.82, 2.24) is 14.8 Å². The molecule has 1 N–H and O–H groups in total. The number of aliphatic hydroxyl groups excluding tert-OH is 1. The van der Waals surface area contributed by atoms with Gasteiger partial charge in [-0.15, -0.1) is 0 Å². The fourth-order valence-corrected chi connectivity index (χ4v) is 1.66. The van der Waals surface area contributed by atoms with E-state index < -0.39 is 0 Å². The summed E-state index contributed by atoms with van der Waals surface area (Å²) in [6.07, 6.45) is 4.80. The van der Waals surface area contributed by atoms with Crippen LogP contribution in [0.1, 0.15) is 12.8 Å². The molecule has 0 saturated carbocycles. The number of hydrogen-bond acceptors (Lipinski definition) is 4. The van der Waals surface area contributed by atoms with Crippen molar-refractivity contribution in [1.29, 1.82) is 0 Å². The van der Waals surface area contributed by atoms with Crippen LogP contribution in [0.4, 0.5) is 0 Å². The van der Waals surface area contributed by atoms with E-state index in [1.807, 2.05) is 12.1 Å². The van der Waals surface area contributed by atoms with Gasteiger partial charge in [-0.1, -0.05) is 0 Å². The third kappa shape index (κ3) is 3.01. The highest BCUT2D eigenvalue weighted by Crippen LogP contribution is 2.13. The van der Waals surface area contributed by atoms with Gasteiger partial charge in [0.1, 0.15) is 0 Å². The zero-order valence-electron chi connectivity index (χ0n) is 9.99. The molecule has 94 valence electrons. The largest absolute Gasteiger partial charge is 0.396 e. The first-order chi connectivity index (χ1) is 8.81. The maximum absolute atomic E-state index is 11.6. The fourth-order valence-electron chi connectivity index (χ4n) is 1.66. The summed E-state index contributed by atoms with van der Waals surface area (Å²) in [6, 6.07) is 6.93. The Balaban J connectivity index is 2.24. The molecular weight excluding hydrogens is 230 g/mol. The lowest BCUT2D eigenvalue weighted by Crippen LogP contribution is -2.22.